The summed E-state index contributed by atoms with van der Waals surface area (Å²) in [4.78, 5) is 21.9. The number of ether oxygens (including phenoxy) is 1. The molecule has 0 bridgehead atoms. The summed E-state index contributed by atoms with van der Waals surface area (Å²) >= 11 is 0. The fourth-order valence-electron chi connectivity index (χ4n) is 1.36. The lowest BCUT2D eigenvalue weighted by atomic mass is 10.2. The first-order valence-electron chi connectivity index (χ1n) is 5.59. The first-order valence-corrected chi connectivity index (χ1v) is 5.59. The maximum Gasteiger partial charge on any atom is 0.227 e. The van der Waals surface area contributed by atoms with Crippen LogP contribution in [0.25, 0.3) is 0 Å². The average Bonchev–Trinajstić information content (AvgIpc) is 2.28. The first-order chi connectivity index (χ1) is 8.11. The summed E-state index contributed by atoms with van der Waals surface area (Å²) in [6.45, 7) is 4.39. The van der Waals surface area contributed by atoms with Crippen molar-refractivity contribution in [2.45, 2.75) is 26.8 Å². The Hall–Kier alpha value is -1.84. The second-order valence-corrected chi connectivity index (χ2v) is 3.73. The topological polar surface area (TPSA) is 55.4 Å². The Balaban J connectivity index is 2.41. The van der Waals surface area contributed by atoms with Crippen molar-refractivity contribution in [2.24, 2.45) is 0 Å². The van der Waals surface area contributed by atoms with Gasteiger partial charge in [0.1, 0.15) is 11.5 Å². The van der Waals surface area contributed by atoms with Gasteiger partial charge < -0.3 is 10.1 Å². The van der Waals surface area contributed by atoms with Gasteiger partial charge in [0.15, 0.2) is 0 Å². The summed E-state index contributed by atoms with van der Waals surface area (Å²) in [6, 6.07) is 7.49. The zero-order valence-corrected chi connectivity index (χ0v) is 10.2. The predicted molar refractivity (Wildman–Crippen MR) is 64.8 cm³/mol. The van der Waals surface area contributed by atoms with E-state index in [-0.39, 0.29) is 18.1 Å². The number of carbonyl (C=O) groups excluding carboxylic acids is 2. The molecule has 4 heteroatoms. The molecule has 0 aliphatic heterocycles. The van der Waals surface area contributed by atoms with Gasteiger partial charge in [-0.2, -0.15) is 0 Å². The molecule has 4 nitrogen and oxygen atoms in total. The maximum absolute atomic E-state index is 11.2. The summed E-state index contributed by atoms with van der Waals surface area (Å²) in [5, 5.41) is 2.68. The van der Waals surface area contributed by atoms with Crippen LogP contribution in [0, 0.1) is 0 Å². The molecule has 0 aromatic heterocycles. The van der Waals surface area contributed by atoms with Crippen molar-refractivity contribution in [3.8, 4) is 5.75 Å². The van der Waals surface area contributed by atoms with Crippen LogP contribution in [0.2, 0.25) is 0 Å². The van der Waals surface area contributed by atoms with Gasteiger partial charge in [0.2, 0.25) is 5.91 Å². The van der Waals surface area contributed by atoms with Crippen molar-refractivity contribution in [3.63, 3.8) is 0 Å². The highest BCUT2D eigenvalue weighted by molar-refractivity contribution is 5.96. The number of benzene rings is 1. The number of amides is 1. The van der Waals surface area contributed by atoms with Crippen LogP contribution in [-0.4, -0.2) is 18.3 Å². The number of hydrogen-bond donors (Lipinski definition) is 1. The van der Waals surface area contributed by atoms with E-state index in [2.05, 4.69) is 5.32 Å². The van der Waals surface area contributed by atoms with E-state index in [0.717, 1.165) is 11.3 Å². The maximum atomic E-state index is 11.2. The second-order valence-electron chi connectivity index (χ2n) is 3.73. The van der Waals surface area contributed by atoms with E-state index >= 15 is 0 Å². The molecule has 1 aromatic rings. The largest absolute Gasteiger partial charge is 0.494 e. The third kappa shape index (κ3) is 5.15. The molecule has 0 heterocycles. The standard InChI is InChI=1S/C13H17NO3/c1-3-17-12-6-4-11(5-7-12)9-14-13(16)8-10(2)15/h4-7H,3,8-9H2,1-2H3,(H,14,16). The normalized spacial score (nSPS) is 9.76. The number of carbonyl (C=O) groups is 2. The summed E-state index contributed by atoms with van der Waals surface area (Å²) in [7, 11) is 0. The van der Waals surface area contributed by atoms with E-state index in [4.69, 9.17) is 4.74 Å². The van der Waals surface area contributed by atoms with Gasteiger partial charge in [-0.05, 0) is 31.5 Å². The molecule has 0 saturated heterocycles. The quantitative estimate of drug-likeness (QED) is 0.763. The molecule has 0 spiro atoms. The zero-order valence-electron chi connectivity index (χ0n) is 10.2. The number of ketones is 1. The van der Waals surface area contributed by atoms with Crippen molar-refractivity contribution in [3.05, 3.63) is 29.8 Å². The molecule has 1 aromatic carbocycles. The predicted octanol–water partition coefficient (Wildman–Crippen LogP) is 1.68. The van der Waals surface area contributed by atoms with Gasteiger partial charge in [-0.15, -0.1) is 0 Å². The molecule has 0 aliphatic carbocycles. The molecule has 17 heavy (non-hydrogen) atoms. The van der Waals surface area contributed by atoms with E-state index in [1.54, 1.807) is 0 Å². The van der Waals surface area contributed by atoms with Gasteiger partial charge in [-0.3, -0.25) is 9.59 Å². The molecule has 1 amide bonds. The van der Waals surface area contributed by atoms with Crippen molar-refractivity contribution >= 4 is 11.7 Å². The van der Waals surface area contributed by atoms with Crippen LogP contribution in [-0.2, 0) is 16.1 Å². The van der Waals surface area contributed by atoms with E-state index in [9.17, 15) is 9.59 Å². The number of Topliss-reactive ketones (excluding diaryl/α,β-unsaturated/α-hetero) is 1. The highest BCUT2D eigenvalue weighted by Crippen LogP contribution is 2.11. The average molecular weight is 235 g/mol. The van der Waals surface area contributed by atoms with Crippen molar-refractivity contribution in [1.82, 2.24) is 5.32 Å². The SMILES string of the molecule is CCOc1ccc(CNC(=O)CC(C)=O)cc1. The van der Waals surface area contributed by atoms with Crippen LogP contribution in [0.4, 0.5) is 0 Å². The second kappa shape index (κ2) is 6.68. The summed E-state index contributed by atoms with van der Waals surface area (Å²) in [5.41, 5.74) is 0.977. The molecule has 0 fully saturated rings. The van der Waals surface area contributed by atoms with E-state index < -0.39 is 0 Å². The van der Waals surface area contributed by atoms with E-state index in [1.165, 1.54) is 6.92 Å². The Kier molecular flexibility index (Phi) is 5.20. The smallest absolute Gasteiger partial charge is 0.227 e. The fourth-order valence-corrected chi connectivity index (χ4v) is 1.36. The van der Waals surface area contributed by atoms with Crippen LogP contribution in [0.5, 0.6) is 5.75 Å². The molecule has 92 valence electrons. The van der Waals surface area contributed by atoms with E-state index in [1.807, 2.05) is 31.2 Å². The highest BCUT2D eigenvalue weighted by Gasteiger charge is 2.04. The third-order valence-electron chi connectivity index (χ3n) is 2.13. The van der Waals surface area contributed by atoms with Crippen molar-refractivity contribution < 1.29 is 14.3 Å². The third-order valence-corrected chi connectivity index (χ3v) is 2.13. The van der Waals surface area contributed by atoms with Crippen molar-refractivity contribution in [1.29, 1.82) is 0 Å². The minimum absolute atomic E-state index is 0.0585. The Bertz CT molecular complexity index is 384. The highest BCUT2D eigenvalue weighted by atomic mass is 16.5. The lowest BCUT2D eigenvalue weighted by Crippen LogP contribution is -2.24. The summed E-state index contributed by atoms with van der Waals surface area (Å²) in [6.07, 6.45) is -0.0585. The van der Waals surface area contributed by atoms with Gasteiger partial charge in [0.05, 0.1) is 13.0 Å². The molecule has 0 unspecified atom stereocenters. The van der Waals surface area contributed by atoms with Gasteiger partial charge >= 0.3 is 0 Å². The molecule has 0 aliphatic rings. The molecule has 0 radical (unpaired) electrons. The lowest BCUT2D eigenvalue weighted by molar-refractivity contribution is -0.127. The van der Waals surface area contributed by atoms with Crippen LogP contribution in [0.3, 0.4) is 0 Å². The van der Waals surface area contributed by atoms with Crippen LogP contribution >= 0.6 is 0 Å². The van der Waals surface area contributed by atoms with Crippen LogP contribution < -0.4 is 10.1 Å². The minimum Gasteiger partial charge on any atom is -0.494 e. The number of nitrogens with one attached hydrogen (secondary N) is 1. The summed E-state index contributed by atoms with van der Waals surface area (Å²) < 4.78 is 5.31. The van der Waals surface area contributed by atoms with Crippen LogP contribution in [0.1, 0.15) is 25.8 Å². The fraction of sp³-hybridized carbons (Fsp3) is 0.385. The van der Waals surface area contributed by atoms with Crippen LogP contribution in [0.15, 0.2) is 24.3 Å². The molecule has 0 saturated carbocycles. The Labute approximate surface area is 101 Å². The molecular formula is C13H17NO3. The van der Waals surface area contributed by atoms with Gasteiger partial charge in [0.25, 0.3) is 0 Å². The molecule has 1 N–H and O–H groups in total. The Morgan fingerprint density at radius 1 is 1.24 bits per heavy atom. The Morgan fingerprint density at radius 3 is 2.41 bits per heavy atom. The number of rotatable bonds is 6. The van der Waals surface area contributed by atoms with Crippen molar-refractivity contribution in [2.75, 3.05) is 6.61 Å². The zero-order chi connectivity index (χ0) is 12.7. The minimum atomic E-state index is -0.244. The van der Waals surface area contributed by atoms with Gasteiger partial charge in [0, 0.05) is 6.54 Å². The monoisotopic (exact) mass is 235 g/mol. The Morgan fingerprint density at radius 2 is 1.88 bits per heavy atom. The lowest BCUT2D eigenvalue weighted by Gasteiger charge is -2.06. The van der Waals surface area contributed by atoms with Gasteiger partial charge in [-0.25, -0.2) is 0 Å². The molecule has 1 rings (SSSR count). The van der Waals surface area contributed by atoms with E-state index in [0.29, 0.717) is 13.2 Å². The molecule has 0 atom stereocenters. The molecular weight excluding hydrogens is 218 g/mol. The summed E-state index contributed by atoms with van der Waals surface area (Å²) in [5.74, 6) is 0.437. The van der Waals surface area contributed by atoms with Gasteiger partial charge in [-0.1, -0.05) is 12.1 Å². The first kappa shape index (κ1) is 13.2. The number of hydrogen-bond acceptors (Lipinski definition) is 3.